The molecule has 1 aliphatic rings. The molecule has 0 heterocycles. The van der Waals surface area contributed by atoms with Gasteiger partial charge in [-0.3, -0.25) is 4.79 Å². The Kier molecular flexibility index (Phi) is 3.35. The van der Waals surface area contributed by atoms with E-state index >= 15 is 0 Å². The van der Waals surface area contributed by atoms with Crippen molar-refractivity contribution < 1.29 is 4.79 Å². The lowest BCUT2D eigenvalue weighted by atomic mass is 10.3. The lowest BCUT2D eigenvalue weighted by molar-refractivity contribution is -0.117. The molecule has 0 bridgehead atoms. The van der Waals surface area contributed by atoms with Crippen LogP contribution in [0.15, 0.2) is 22.7 Å². The van der Waals surface area contributed by atoms with Crippen LogP contribution in [0.4, 0.5) is 5.69 Å². The van der Waals surface area contributed by atoms with Gasteiger partial charge in [-0.15, -0.1) is 0 Å². The van der Waals surface area contributed by atoms with Crippen LogP contribution in [0, 0.1) is 15.4 Å². The Morgan fingerprint density at radius 2 is 2.27 bits per heavy atom. The van der Waals surface area contributed by atoms with Gasteiger partial charge in [-0.1, -0.05) is 6.92 Å². The summed E-state index contributed by atoms with van der Waals surface area (Å²) in [5.74, 6) is 0.937. The van der Waals surface area contributed by atoms with Crippen LogP contribution in [-0.4, -0.2) is 5.91 Å². The monoisotopic (exact) mass is 379 g/mol. The molecule has 0 radical (unpaired) electrons. The average Bonchev–Trinajstić information content (AvgIpc) is 2.89. The maximum absolute atomic E-state index is 11.7. The molecule has 1 aromatic rings. The van der Waals surface area contributed by atoms with Crippen LogP contribution in [0.3, 0.4) is 0 Å². The maximum Gasteiger partial charge on any atom is 0.227 e. The number of carbonyl (C=O) groups is 1. The van der Waals surface area contributed by atoms with Crippen LogP contribution in [0.25, 0.3) is 0 Å². The first-order chi connectivity index (χ1) is 7.08. The predicted molar refractivity (Wildman–Crippen MR) is 72.8 cm³/mol. The molecule has 0 aromatic heterocycles. The number of nitrogens with one attached hydrogen (secondary N) is 1. The van der Waals surface area contributed by atoms with Crippen LogP contribution < -0.4 is 5.32 Å². The van der Waals surface area contributed by atoms with Gasteiger partial charge in [0, 0.05) is 19.6 Å². The van der Waals surface area contributed by atoms with Crippen molar-refractivity contribution in [1.29, 1.82) is 0 Å². The molecule has 1 saturated carbocycles. The molecule has 15 heavy (non-hydrogen) atoms. The second-order valence-electron chi connectivity index (χ2n) is 3.94. The highest BCUT2D eigenvalue weighted by atomic mass is 127. The molecule has 80 valence electrons. The molecule has 1 aliphatic carbocycles. The van der Waals surface area contributed by atoms with Crippen LogP contribution in [-0.2, 0) is 4.79 Å². The van der Waals surface area contributed by atoms with E-state index in [1.165, 1.54) is 0 Å². The number of halogens is 2. The van der Waals surface area contributed by atoms with E-state index in [1.54, 1.807) is 0 Å². The molecule has 1 fully saturated rings. The highest BCUT2D eigenvalue weighted by Gasteiger charge is 2.39. The normalized spacial score (nSPS) is 23.7. The minimum Gasteiger partial charge on any atom is -0.326 e. The summed E-state index contributed by atoms with van der Waals surface area (Å²) in [6.07, 6.45) is 1.03. The van der Waals surface area contributed by atoms with Crippen molar-refractivity contribution in [3.63, 3.8) is 0 Å². The molecule has 2 unspecified atom stereocenters. The SMILES string of the molecule is CC1CC1C(=O)Nc1ccc(Br)c(I)c1. The van der Waals surface area contributed by atoms with Gasteiger partial charge in [-0.25, -0.2) is 0 Å². The molecule has 0 saturated heterocycles. The second-order valence-corrected chi connectivity index (χ2v) is 5.95. The summed E-state index contributed by atoms with van der Waals surface area (Å²) < 4.78 is 2.16. The summed E-state index contributed by atoms with van der Waals surface area (Å²) in [6.45, 7) is 2.11. The molecule has 2 nitrogen and oxygen atoms in total. The van der Waals surface area contributed by atoms with Crippen LogP contribution >= 0.6 is 38.5 Å². The van der Waals surface area contributed by atoms with Gasteiger partial charge in [-0.2, -0.15) is 0 Å². The minimum atomic E-state index is 0.153. The quantitative estimate of drug-likeness (QED) is 0.781. The van der Waals surface area contributed by atoms with E-state index in [0.717, 1.165) is 20.2 Å². The van der Waals surface area contributed by atoms with Gasteiger partial charge in [0.15, 0.2) is 0 Å². The maximum atomic E-state index is 11.7. The molecule has 2 atom stereocenters. The Labute approximate surface area is 111 Å². The molecule has 0 spiro atoms. The Bertz CT molecular complexity index is 408. The second kappa shape index (κ2) is 4.41. The van der Waals surface area contributed by atoms with E-state index in [2.05, 4.69) is 50.8 Å². The highest BCUT2D eigenvalue weighted by Crippen LogP contribution is 2.38. The third kappa shape index (κ3) is 2.72. The zero-order valence-electron chi connectivity index (χ0n) is 8.26. The van der Waals surface area contributed by atoms with Crippen molar-refractivity contribution >= 4 is 50.1 Å². The van der Waals surface area contributed by atoms with Gasteiger partial charge in [0.1, 0.15) is 0 Å². The fourth-order valence-electron chi connectivity index (χ4n) is 1.50. The average molecular weight is 380 g/mol. The Morgan fingerprint density at radius 1 is 1.60 bits per heavy atom. The smallest absolute Gasteiger partial charge is 0.227 e. The summed E-state index contributed by atoms with van der Waals surface area (Å²) in [7, 11) is 0. The van der Waals surface area contributed by atoms with E-state index < -0.39 is 0 Å². The molecule has 4 heteroatoms. The first-order valence-corrected chi connectivity index (χ1v) is 6.71. The topological polar surface area (TPSA) is 29.1 Å². The molecular formula is C11H11BrINO. The van der Waals surface area contributed by atoms with E-state index in [4.69, 9.17) is 0 Å². The minimum absolute atomic E-state index is 0.153. The van der Waals surface area contributed by atoms with Crippen molar-refractivity contribution in [2.45, 2.75) is 13.3 Å². The summed E-state index contributed by atoms with van der Waals surface area (Å²) in [6, 6.07) is 5.83. The summed E-state index contributed by atoms with van der Waals surface area (Å²) in [5.41, 5.74) is 0.881. The van der Waals surface area contributed by atoms with Crippen molar-refractivity contribution in [1.82, 2.24) is 0 Å². The van der Waals surface area contributed by atoms with E-state index in [-0.39, 0.29) is 11.8 Å². The lowest BCUT2D eigenvalue weighted by Crippen LogP contribution is -2.14. The van der Waals surface area contributed by atoms with Gasteiger partial charge in [0.25, 0.3) is 0 Å². The van der Waals surface area contributed by atoms with Crippen molar-refractivity contribution in [3.8, 4) is 0 Å². The van der Waals surface area contributed by atoms with Crippen molar-refractivity contribution in [3.05, 3.63) is 26.2 Å². The third-order valence-electron chi connectivity index (χ3n) is 2.63. The molecule has 2 rings (SSSR count). The highest BCUT2D eigenvalue weighted by molar-refractivity contribution is 14.1. The zero-order valence-corrected chi connectivity index (χ0v) is 12.0. The van der Waals surface area contributed by atoms with E-state index in [9.17, 15) is 4.79 Å². The fraction of sp³-hybridized carbons (Fsp3) is 0.364. The number of amides is 1. The standard InChI is InChI=1S/C11H11BrINO/c1-6-4-8(6)11(15)14-7-2-3-9(12)10(13)5-7/h2-3,5-6,8H,4H2,1H3,(H,14,15). The summed E-state index contributed by atoms with van der Waals surface area (Å²) in [4.78, 5) is 11.7. The lowest BCUT2D eigenvalue weighted by Gasteiger charge is -2.05. The Balaban J connectivity index is 2.04. The summed E-state index contributed by atoms with van der Waals surface area (Å²) in [5, 5.41) is 2.94. The number of rotatable bonds is 2. The fourth-order valence-corrected chi connectivity index (χ4v) is 2.26. The van der Waals surface area contributed by atoms with Crippen LogP contribution in [0.1, 0.15) is 13.3 Å². The van der Waals surface area contributed by atoms with Crippen molar-refractivity contribution in [2.24, 2.45) is 11.8 Å². The zero-order chi connectivity index (χ0) is 11.0. The molecule has 1 aromatic carbocycles. The molecule has 1 N–H and O–H groups in total. The first-order valence-electron chi connectivity index (χ1n) is 4.84. The van der Waals surface area contributed by atoms with E-state index in [0.29, 0.717) is 5.92 Å². The van der Waals surface area contributed by atoms with Gasteiger partial charge < -0.3 is 5.32 Å². The number of carbonyl (C=O) groups excluding carboxylic acids is 1. The van der Waals surface area contributed by atoms with Gasteiger partial charge in [0.2, 0.25) is 5.91 Å². The van der Waals surface area contributed by atoms with Gasteiger partial charge in [0.05, 0.1) is 0 Å². The molecular weight excluding hydrogens is 369 g/mol. The van der Waals surface area contributed by atoms with E-state index in [1.807, 2.05) is 18.2 Å². The number of benzene rings is 1. The van der Waals surface area contributed by atoms with Crippen LogP contribution in [0.2, 0.25) is 0 Å². The molecule has 0 aliphatic heterocycles. The Morgan fingerprint density at radius 3 is 2.80 bits per heavy atom. The Hall–Kier alpha value is -0.100. The third-order valence-corrected chi connectivity index (χ3v) is 4.96. The molecule has 1 amide bonds. The first kappa shape index (κ1) is 11.4. The number of hydrogen-bond acceptors (Lipinski definition) is 1. The largest absolute Gasteiger partial charge is 0.326 e. The van der Waals surface area contributed by atoms with Crippen LogP contribution in [0.5, 0.6) is 0 Å². The van der Waals surface area contributed by atoms with Gasteiger partial charge >= 0.3 is 0 Å². The summed E-state index contributed by atoms with van der Waals surface area (Å²) >= 11 is 5.66. The number of hydrogen-bond donors (Lipinski definition) is 1. The predicted octanol–water partition coefficient (Wildman–Crippen LogP) is 3.65. The number of anilines is 1. The van der Waals surface area contributed by atoms with Crippen molar-refractivity contribution in [2.75, 3.05) is 5.32 Å². The van der Waals surface area contributed by atoms with Gasteiger partial charge in [-0.05, 0) is 69.1 Å².